The van der Waals surface area contributed by atoms with Gasteiger partial charge in [-0.2, -0.15) is 0 Å². The number of fused-ring (bicyclic) bond motifs is 3. The van der Waals surface area contributed by atoms with E-state index in [4.69, 9.17) is 21.1 Å². The van der Waals surface area contributed by atoms with Crippen molar-refractivity contribution >= 4 is 39.3 Å². The maximum absolute atomic E-state index is 11.5. The molecule has 2 aromatic heterocycles. The average Bonchev–Trinajstić information content (AvgIpc) is 2.83. The lowest BCUT2D eigenvalue weighted by Crippen LogP contribution is -2.05. The molecule has 4 aromatic rings. The number of hydrogen-bond donors (Lipinski definition) is 2. The van der Waals surface area contributed by atoms with Crippen molar-refractivity contribution in [1.29, 1.82) is 0 Å². The van der Waals surface area contributed by atoms with Crippen molar-refractivity contribution < 1.29 is 14.6 Å². The van der Waals surface area contributed by atoms with Crippen LogP contribution < -0.4 is 5.32 Å². The molecule has 0 aliphatic rings. The van der Waals surface area contributed by atoms with E-state index in [0.29, 0.717) is 23.5 Å². The van der Waals surface area contributed by atoms with Crippen LogP contribution in [0.1, 0.15) is 48.4 Å². The first kappa shape index (κ1) is 23.1. The minimum atomic E-state index is -1.01. The second-order valence-electron chi connectivity index (χ2n) is 8.27. The summed E-state index contributed by atoms with van der Waals surface area (Å²) in [5.74, 6) is 2.86. The number of anilines is 2. The molecule has 2 heterocycles. The first-order valence-electron chi connectivity index (χ1n) is 11.2. The molecule has 0 bridgehead atoms. The van der Waals surface area contributed by atoms with Gasteiger partial charge in [0.1, 0.15) is 11.3 Å². The largest absolute Gasteiger partial charge is 0.478 e. The highest BCUT2D eigenvalue weighted by molar-refractivity contribution is 6.09. The van der Waals surface area contributed by atoms with E-state index in [9.17, 15) is 9.90 Å². The number of aromatic carboxylic acids is 1. The van der Waals surface area contributed by atoms with Gasteiger partial charge in [0.2, 0.25) is 0 Å². The standard InChI is InChI=1S/C27H26N4O3/c1-4-18-8-7-9-20(14-18)29-26-25-22(21-12-11-19(27(32)33)15-23(21)30-26)16-28-24(31-25)10-5-6-13-34-17(2)3/h1,7-9,11-12,14-17H,5-6,10,13H2,2-3H3,(H,29,30)(H,32,33). The third-order valence-electron chi connectivity index (χ3n) is 5.37. The van der Waals surface area contributed by atoms with Crippen LogP contribution in [-0.2, 0) is 11.2 Å². The molecule has 0 saturated heterocycles. The SMILES string of the molecule is C#Cc1cccc(Nc2nc3cc(C(=O)O)ccc3c3cnc(CCCCOC(C)C)nc23)c1. The fourth-order valence-corrected chi connectivity index (χ4v) is 3.69. The Kier molecular flexibility index (Phi) is 7.00. The van der Waals surface area contributed by atoms with Gasteiger partial charge in [0.15, 0.2) is 5.82 Å². The summed E-state index contributed by atoms with van der Waals surface area (Å²) in [7, 11) is 0. The zero-order valence-corrected chi connectivity index (χ0v) is 19.2. The number of aromatic nitrogens is 3. The number of benzene rings is 2. The Morgan fingerprint density at radius 2 is 2.00 bits per heavy atom. The van der Waals surface area contributed by atoms with Crippen LogP contribution in [0.2, 0.25) is 0 Å². The number of unbranched alkanes of at least 4 members (excludes halogenated alkanes) is 1. The zero-order chi connectivity index (χ0) is 24.1. The molecule has 7 nitrogen and oxygen atoms in total. The molecule has 4 rings (SSSR count). The number of nitrogens with one attached hydrogen (secondary N) is 1. The minimum Gasteiger partial charge on any atom is -0.478 e. The van der Waals surface area contributed by atoms with Crippen LogP contribution in [0.3, 0.4) is 0 Å². The monoisotopic (exact) mass is 454 g/mol. The van der Waals surface area contributed by atoms with Crippen LogP contribution in [0, 0.1) is 12.3 Å². The molecule has 0 amide bonds. The molecule has 172 valence electrons. The average molecular weight is 455 g/mol. The number of ether oxygens (including phenoxy) is 1. The van der Waals surface area contributed by atoms with Gasteiger partial charge in [-0.1, -0.05) is 18.1 Å². The van der Waals surface area contributed by atoms with Crippen LogP contribution >= 0.6 is 0 Å². The van der Waals surface area contributed by atoms with E-state index in [0.717, 1.165) is 47.1 Å². The van der Waals surface area contributed by atoms with Crippen molar-refractivity contribution in [1.82, 2.24) is 15.0 Å². The Labute approximate surface area is 198 Å². The minimum absolute atomic E-state index is 0.167. The first-order chi connectivity index (χ1) is 16.4. The van der Waals surface area contributed by atoms with Crippen LogP contribution in [0.15, 0.2) is 48.7 Å². The summed E-state index contributed by atoms with van der Waals surface area (Å²) >= 11 is 0. The molecule has 0 atom stereocenters. The summed E-state index contributed by atoms with van der Waals surface area (Å²) in [6.07, 6.45) is 10.1. The van der Waals surface area contributed by atoms with Gasteiger partial charge in [-0.15, -0.1) is 6.42 Å². The van der Waals surface area contributed by atoms with E-state index in [1.165, 1.54) is 0 Å². The van der Waals surface area contributed by atoms with Gasteiger partial charge in [0.05, 0.1) is 17.2 Å². The summed E-state index contributed by atoms with van der Waals surface area (Å²) in [4.78, 5) is 25.6. The number of nitrogens with zero attached hydrogens (tertiary/aromatic N) is 3. The highest BCUT2D eigenvalue weighted by Gasteiger charge is 2.14. The maximum atomic E-state index is 11.5. The molecular weight excluding hydrogens is 428 g/mol. The van der Waals surface area contributed by atoms with Gasteiger partial charge >= 0.3 is 5.97 Å². The second-order valence-corrected chi connectivity index (χ2v) is 8.27. The third kappa shape index (κ3) is 5.30. The maximum Gasteiger partial charge on any atom is 0.335 e. The molecule has 0 aliphatic carbocycles. The lowest BCUT2D eigenvalue weighted by atomic mass is 10.1. The summed E-state index contributed by atoms with van der Waals surface area (Å²) < 4.78 is 5.61. The van der Waals surface area contributed by atoms with E-state index < -0.39 is 5.97 Å². The lowest BCUT2D eigenvalue weighted by Gasteiger charge is -2.13. The molecule has 2 N–H and O–H groups in total. The number of carboxylic acid groups (broad SMARTS) is 1. The Bertz CT molecular complexity index is 1390. The molecule has 0 spiro atoms. The van der Waals surface area contributed by atoms with E-state index in [1.54, 1.807) is 24.4 Å². The Hall–Kier alpha value is -4.02. The molecule has 0 aliphatic heterocycles. The summed E-state index contributed by atoms with van der Waals surface area (Å²) in [6, 6.07) is 12.3. The fraction of sp³-hybridized carbons (Fsp3) is 0.259. The molecule has 0 unspecified atom stereocenters. The topological polar surface area (TPSA) is 97.2 Å². The van der Waals surface area contributed by atoms with Gasteiger partial charge in [-0.25, -0.2) is 19.7 Å². The van der Waals surface area contributed by atoms with Crippen molar-refractivity contribution in [3.8, 4) is 12.3 Å². The summed E-state index contributed by atoms with van der Waals surface area (Å²) in [6.45, 7) is 4.76. The van der Waals surface area contributed by atoms with Crippen molar-refractivity contribution in [2.45, 2.75) is 39.2 Å². The van der Waals surface area contributed by atoms with E-state index in [1.807, 2.05) is 38.1 Å². The fourth-order valence-electron chi connectivity index (χ4n) is 3.69. The highest BCUT2D eigenvalue weighted by atomic mass is 16.5. The molecule has 0 radical (unpaired) electrons. The van der Waals surface area contributed by atoms with Gasteiger partial charge in [-0.3, -0.25) is 0 Å². The number of pyridine rings is 1. The number of terminal acetylenes is 1. The number of aryl methyl sites for hydroxylation is 1. The van der Waals surface area contributed by atoms with Crippen LogP contribution in [-0.4, -0.2) is 38.7 Å². The highest BCUT2D eigenvalue weighted by Crippen LogP contribution is 2.30. The summed E-state index contributed by atoms with van der Waals surface area (Å²) in [5.41, 5.74) is 2.89. The molecule has 0 fully saturated rings. The lowest BCUT2D eigenvalue weighted by molar-refractivity contribution is 0.0696. The van der Waals surface area contributed by atoms with Crippen molar-refractivity contribution in [2.24, 2.45) is 0 Å². The predicted molar refractivity (Wildman–Crippen MR) is 133 cm³/mol. The molecular formula is C27H26N4O3. The van der Waals surface area contributed by atoms with Gasteiger partial charge in [0.25, 0.3) is 0 Å². The van der Waals surface area contributed by atoms with E-state index in [-0.39, 0.29) is 11.7 Å². The number of rotatable bonds is 9. The molecule has 7 heteroatoms. The Morgan fingerprint density at radius 3 is 2.76 bits per heavy atom. The number of carboxylic acids is 1. The van der Waals surface area contributed by atoms with Crippen molar-refractivity contribution in [2.75, 3.05) is 11.9 Å². The van der Waals surface area contributed by atoms with Crippen LogP contribution in [0.4, 0.5) is 11.5 Å². The smallest absolute Gasteiger partial charge is 0.335 e. The van der Waals surface area contributed by atoms with Crippen molar-refractivity contribution in [3.63, 3.8) is 0 Å². The predicted octanol–water partition coefficient (Wildman–Crippen LogP) is 5.35. The zero-order valence-electron chi connectivity index (χ0n) is 19.2. The molecule has 34 heavy (non-hydrogen) atoms. The quantitative estimate of drug-likeness (QED) is 0.200. The second kappa shape index (κ2) is 10.3. The third-order valence-corrected chi connectivity index (χ3v) is 5.37. The van der Waals surface area contributed by atoms with Gasteiger partial charge in [-0.05, 0) is 57.0 Å². The van der Waals surface area contributed by atoms with E-state index in [2.05, 4.69) is 16.2 Å². The molecule has 0 saturated carbocycles. The number of hydrogen-bond acceptors (Lipinski definition) is 6. The van der Waals surface area contributed by atoms with E-state index >= 15 is 0 Å². The Morgan fingerprint density at radius 1 is 1.15 bits per heavy atom. The molecule has 2 aromatic carbocycles. The van der Waals surface area contributed by atoms with Crippen LogP contribution in [0.5, 0.6) is 0 Å². The normalized spacial score (nSPS) is 11.1. The summed E-state index contributed by atoms with van der Waals surface area (Å²) in [5, 5.41) is 14.3. The van der Waals surface area contributed by atoms with Crippen LogP contribution in [0.25, 0.3) is 21.8 Å². The number of carbonyl (C=O) groups is 1. The van der Waals surface area contributed by atoms with Gasteiger partial charge in [0, 0.05) is 41.2 Å². The van der Waals surface area contributed by atoms with Crippen molar-refractivity contribution in [3.05, 3.63) is 65.6 Å². The van der Waals surface area contributed by atoms with Gasteiger partial charge < -0.3 is 15.2 Å². The Balaban J connectivity index is 1.74. The first-order valence-corrected chi connectivity index (χ1v) is 11.2.